The van der Waals surface area contributed by atoms with Crippen molar-refractivity contribution >= 4 is 10.0 Å². The van der Waals surface area contributed by atoms with Crippen molar-refractivity contribution in [3.05, 3.63) is 41.7 Å². The molecule has 0 spiro atoms. The van der Waals surface area contributed by atoms with Crippen LogP contribution in [0.25, 0.3) is 0 Å². The van der Waals surface area contributed by atoms with Crippen molar-refractivity contribution in [2.45, 2.75) is 19.6 Å². The summed E-state index contributed by atoms with van der Waals surface area (Å²) in [5.74, 6) is 1.69. The molecular weight excluding hydrogens is 356 g/mol. The van der Waals surface area contributed by atoms with Gasteiger partial charge in [-0.25, -0.2) is 13.1 Å². The van der Waals surface area contributed by atoms with Crippen LogP contribution in [-0.2, 0) is 29.7 Å². The Labute approximate surface area is 152 Å². The fraction of sp³-hybridized carbons (Fsp3) is 0.471. The molecule has 2 aliphatic rings. The summed E-state index contributed by atoms with van der Waals surface area (Å²) < 4.78 is 38.4. The normalized spacial score (nSPS) is 20.0. The number of benzene rings is 1. The highest BCUT2D eigenvalue weighted by Crippen LogP contribution is 2.33. The topological polar surface area (TPSA) is 85.7 Å². The first-order valence-corrected chi connectivity index (χ1v) is 10.4. The van der Waals surface area contributed by atoms with Gasteiger partial charge >= 0.3 is 0 Å². The zero-order chi connectivity index (χ0) is 18.1. The molecule has 140 valence electrons. The summed E-state index contributed by atoms with van der Waals surface area (Å²) in [6.45, 7) is 3.65. The second kappa shape index (κ2) is 6.90. The highest BCUT2D eigenvalue weighted by molar-refractivity contribution is 7.88. The van der Waals surface area contributed by atoms with E-state index in [1.54, 1.807) is 6.20 Å². The van der Waals surface area contributed by atoms with E-state index in [4.69, 9.17) is 9.47 Å². The van der Waals surface area contributed by atoms with Gasteiger partial charge in [0.05, 0.1) is 11.9 Å². The average Bonchev–Trinajstić information content (AvgIpc) is 3.18. The number of nitrogens with one attached hydrogen (secondary N) is 1. The van der Waals surface area contributed by atoms with E-state index in [2.05, 4.69) is 14.7 Å². The fourth-order valence-electron chi connectivity index (χ4n) is 3.44. The Bertz CT molecular complexity index is 896. The molecule has 2 aromatic rings. The van der Waals surface area contributed by atoms with Crippen LogP contribution in [0.1, 0.15) is 11.3 Å². The second-order valence-electron chi connectivity index (χ2n) is 6.85. The first kappa shape index (κ1) is 17.3. The lowest BCUT2D eigenvalue weighted by Gasteiger charge is -2.24. The largest absolute Gasteiger partial charge is 0.454 e. The van der Waals surface area contributed by atoms with Gasteiger partial charge < -0.3 is 9.47 Å². The van der Waals surface area contributed by atoms with E-state index >= 15 is 0 Å². The zero-order valence-electron chi connectivity index (χ0n) is 14.6. The molecule has 1 aromatic carbocycles. The number of hydrogen-bond donors (Lipinski definition) is 1. The van der Waals surface area contributed by atoms with Crippen molar-refractivity contribution in [1.29, 1.82) is 0 Å². The summed E-state index contributed by atoms with van der Waals surface area (Å²) in [5.41, 5.74) is 2.27. The van der Waals surface area contributed by atoms with Crippen LogP contribution in [0.2, 0.25) is 0 Å². The third-order valence-electron chi connectivity index (χ3n) is 4.62. The highest BCUT2D eigenvalue weighted by atomic mass is 32.2. The van der Waals surface area contributed by atoms with Gasteiger partial charge in [-0.3, -0.25) is 9.58 Å². The Morgan fingerprint density at radius 1 is 1.23 bits per heavy atom. The maximum atomic E-state index is 11.5. The Hall–Kier alpha value is -2.10. The monoisotopic (exact) mass is 378 g/mol. The van der Waals surface area contributed by atoms with Crippen LogP contribution in [0.3, 0.4) is 0 Å². The first-order valence-electron chi connectivity index (χ1n) is 8.52. The molecule has 0 saturated carbocycles. The molecule has 9 heteroatoms. The number of nitrogens with zero attached hydrogens (tertiary/aromatic N) is 3. The molecule has 2 aliphatic heterocycles. The van der Waals surface area contributed by atoms with E-state index in [0.29, 0.717) is 13.1 Å². The maximum Gasteiger partial charge on any atom is 0.231 e. The molecular formula is C17H22N4O4S. The summed E-state index contributed by atoms with van der Waals surface area (Å²) >= 11 is 0. The van der Waals surface area contributed by atoms with E-state index in [9.17, 15) is 8.42 Å². The Kier molecular flexibility index (Phi) is 4.60. The van der Waals surface area contributed by atoms with E-state index in [1.807, 2.05) is 28.9 Å². The van der Waals surface area contributed by atoms with Crippen molar-refractivity contribution in [3.63, 3.8) is 0 Å². The van der Waals surface area contributed by atoms with E-state index in [-0.39, 0.29) is 12.7 Å². The molecule has 3 heterocycles. The van der Waals surface area contributed by atoms with Crippen molar-refractivity contribution in [3.8, 4) is 11.5 Å². The van der Waals surface area contributed by atoms with Crippen molar-refractivity contribution < 1.29 is 17.9 Å². The molecule has 8 nitrogen and oxygen atoms in total. The average molecular weight is 378 g/mol. The first-order chi connectivity index (χ1) is 12.5. The van der Waals surface area contributed by atoms with Gasteiger partial charge in [0, 0.05) is 44.8 Å². The van der Waals surface area contributed by atoms with Gasteiger partial charge in [-0.05, 0) is 23.8 Å². The van der Waals surface area contributed by atoms with Crippen LogP contribution in [0, 0.1) is 5.92 Å². The number of rotatable bonds is 5. The molecule has 4 rings (SSSR count). The standard InChI is InChI=1S/C17H22N4O4S/c1-26(22,23)19-7-14-9-20(11-15-4-5-18-21(15)10-14)8-13-2-3-16-17(6-13)25-12-24-16/h2-6,14,19H,7-12H2,1H3/t14-/m0/s1. The van der Waals surface area contributed by atoms with Crippen LogP contribution in [0.15, 0.2) is 30.5 Å². The molecule has 0 radical (unpaired) electrons. The molecule has 1 aromatic heterocycles. The number of fused-ring (bicyclic) bond motifs is 2. The maximum absolute atomic E-state index is 11.5. The van der Waals surface area contributed by atoms with E-state index < -0.39 is 10.0 Å². The summed E-state index contributed by atoms with van der Waals surface area (Å²) in [6.07, 6.45) is 2.98. The van der Waals surface area contributed by atoms with Gasteiger partial charge in [-0.15, -0.1) is 0 Å². The molecule has 0 bridgehead atoms. The van der Waals surface area contributed by atoms with Crippen LogP contribution < -0.4 is 14.2 Å². The lowest BCUT2D eigenvalue weighted by Crippen LogP contribution is -2.36. The predicted octanol–water partition coefficient (Wildman–Crippen LogP) is 0.793. The number of hydrogen-bond acceptors (Lipinski definition) is 6. The molecule has 0 saturated heterocycles. The molecule has 26 heavy (non-hydrogen) atoms. The minimum absolute atomic E-state index is 0.139. The number of sulfonamides is 1. The fourth-order valence-corrected chi connectivity index (χ4v) is 3.97. The summed E-state index contributed by atoms with van der Waals surface area (Å²) in [4.78, 5) is 2.31. The predicted molar refractivity (Wildman–Crippen MR) is 95.2 cm³/mol. The van der Waals surface area contributed by atoms with Gasteiger partial charge in [0.15, 0.2) is 11.5 Å². The highest BCUT2D eigenvalue weighted by Gasteiger charge is 2.24. The molecule has 1 N–H and O–H groups in total. The molecule has 0 amide bonds. The minimum atomic E-state index is -3.21. The Balaban J connectivity index is 1.51. The second-order valence-corrected chi connectivity index (χ2v) is 8.68. The SMILES string of the molecule is CS(=O)(=O)NC[C@H]1CN(Cc2ccc3c(c2)OCO3)Cc2ccnn2C1. The quantitative estimate of drug-likeness (QED) is 0.828. The van der Waals surface area contributed by atoms with E-state index in [1.165, 1.54) is 6.26 Å². The zero-order valence-corrected chi connectivity index (χ0v) is 15.4. The Morgan fingerprint density at radius 3 is 2.92 bits per heavy atom. The third-order valence-corrected chi connectivity index (χ3v) is 5.31. The molecule has 0 unspecified atom stereocenters. The summed E-state index contributed by atoms with van der Waals surface area (Å²) in [7, 11) is -3.21. The van der Waals surface area contributed by atoms with Crippen molar-refractivity contribution in [2.75, 3.05) is 26.1 Å². The van der Waals surface area contributed by atoms with Gasteiger partial charge in [-0.1, -0.05) is 6.07 Å². The van der Waals surface area contributed by atoms with Gasteiger partial charge in [0.25, 0.3) is 0 Å². The molecule has 0 aliphatic carbocycles. The minimum Gasteiger partial charge on any atom is -0.454 e. The van der Waals surface area contributed by atoms with Crippen LogP contribution in [0.5, 0.6) is 11.5 Å². The van der Waals surface area contributed by atoms with Crippen LogP contribution in [0.4, 0.5) is 0 Å². The molecule has 0 fully saturated rings. The van der Waals surface area contributed by atoms with Gasteiger partial charge in [0.2, 0.25) is 16.8 Å². The van der Waals surface area contributed by atoms with Gasteiger partial charge in [0.1, 0.15) is 0 Å². The van der Waals surface area contributed by atoms with Crippen LogP contribution in [-0.4, -0.2) is 49.2 Å². The van der Waals surface area contributed by atoms with Crippen LogP contribution >= 0.6 is 0 Å². The molecule has 1 atom stereocenters. The lowest BCUT2D eigenvalue weighted by atomic mass is 10.1. The number of ether oxygens (including phenoxy) is 2. The van der Waals surface area contributed by atoms with Gasteiger partial charge in [-0.2, -0.15) is 5.10 Å². The van der Waals surface area contributed by atoms with E-state index in [0.717, 1.165) is 42.4 Å². The summed E-state index contributed by atoms with van der Waals surface area (Å²) in [6, 6.07) is 8.00. The Morgan fingerprint density at radius 2 is 2.08 bits per heavy atom. The van der Waals surface area contributed by atoms with Crippen molar-refractivity contribution in [1.82, 2.24) is 19.4 Å². The van der Waals surface area contributed by atoms with Crippen molar-refractivity contribution in [2.24, 2.45) is 5.92 Å². The lowest BCUT2D eigenvalue weighted by molar-refractivity contribution is 0.174. The summed E-state index contributed by atoms with van der Waals surface area (Å²) in [5, 5.41) is 4.38. The number of aromatic nitrogens is 2. The third kappa shape index (κ3) is 4.00. The smallest absolute Gasteiger partial charge is 0.231 e.